The van der Waals surface area contributed by atoms with Crippen LogP contribution in [0.2, 0.25) is 0 Å². The predicted octanol–water partition coefficient (Wildman–Crippen LogP) is 3.68. The number of rotatable bonds is 11. The van der Waals surface area contributed by atoms with Crippen LogP contribution in [0.25, 0.3) is 11.2 Å². The summed E-state index contributed by atoms with van der Waals surface area (Å²) in [5, 5.41) is 7.30. The monoisotopic (exact) mass is 535 g/mol. The Morgan fingerprint density at radius 1 is 1.27 bits per heavy atom. The van der Waals surface area contributed by atoms with Crippen molar-refractivity contribution in [1.29, 1.82) is 1.43 Å². The third-order valence-corrected chi connectivity index (χ3v) is 7.98. The number of aromatic nitrogens is 4. The Morgan fingerprint density at radius 3 is 2.65 bits per heavy atom. The molecule has 3 heterocycles. The highest BCUT2D eigenvalue weighted by molar-refractivity contribution is 7.44. The number of amides is 1. The first-order chi connectivity index (χ1) is 18.3. The topological polar surface area (TPSA) is 124 Å². The average Bonchev–Trinajstić information content (AvgIpc) is 3.45. The van der Waals surface area contributed by atoms with Crippen molar-refractivity contribution in [2.75, 3.05) is 19.0 Å². The molecule has 0 saturated carbocycles. The number of benzene rings is 1. The number of nitrogens with zero attached hydrogens (tertiary/aromatic N) is 5. The molecule has 0 aliphatic carbocycles. The molecule has 0 spiro atoms. The molecule has 1 aromatic carbocycles. The number of nitrogens with one attached hydrogen (secondary N) is 1. The fourth-order valence-corrected chi connectivity index (χ4v) is 5.94. The molecule has 200 valence electrons. The van der Waals surface area contributed by atoms with E-state index < -0.39 is 33.1 Å². The minimum absolute atomic E-state index is 0.0851. The first kappa shape index (κ1) is 26.0. The molecule has 2 unspecified atom stereocenters. The summed E-state index contributed by atoms with van der Waals surface area (Å²) < 4.78 is 44.5. The molecule has 1 fully saturated rings. The van der Waals surface area contributed by atoms with E-state index in [1.807, 2.05) is 38.4 Å². The molecule has 37 heavy (non-hydrogen) atoms. The third-order valence-electron chi connectivity index (χ3n) is 5.95. The maximum Gasteiger partial charge on any atom is 0.259 e. The van der Waals surface area contributed by atoms with Crippen LogP contribution in [0.15, 0.2) is 43.0 Å². The standard InChI is InChI=1S/C24H32FN6O5P/c1-14(2)31(15(3)4)37(34-5)36-20-17(11-32)35-24(18(20)25)30-13-28-19-21(26-12-27-22(19)30)29-23(33)16-9-7-6-8-10-16/h6-10,12-15,17-18,20,24,32H,11H2,1-5H3,(H,26,27,29,33)/t17-,18-,20-,24?,37?/m1/s1/i32D. The van der Waals surface area contributed by atoms with Crippen LogP contribution in [0.4, 0.5) is 10.2 Å². The Morgan fingerprint density at radius 2 is 2.00 bits per heavy atom. The zero-order valence-corrected chi connectivity index (χ0v) is 22.2. The van der Waals surface area contributed by atoms with E-state index in [9.17, 15) is 4.79 Å². The van der Waals surface area contributed by atoms with Crippen molar-refractivity contribution < 1.29 is 28.1 Å². The van der Waals surface area contributed by atoms with Crippen molar-refractivity contribution in [3.05, 3.63) is 48.5 Å². The van der Waals surface area contributed by atoms with Gasteiger partial charge in [0.05, 0.1) is 12.9 Å². The quantitative estimate of drug-likeness (QED) is 0.354. The summed E-state index contributed by atoms with van der Waals surface area (Å²) in [5.74, 6) is -0.184. The number of fused-ring (bicyclic) bond motifs is 1. The number of imidazole rings is 1. The van der Waals surface area contributed by atoms with Crippen molar-refractivity contribution in [3.8, 4) is 0 Å². The number of hydrogen-bond acceptors (Lipinski definition) is 9. The van der Waals surface area contributed by atoms with E-state index in [1.54, 1.807) is 24.3 Å². The van der Waals surface area contributed by atoms with Gasteiger partial charge in [0.1, 0.15) is 18.5 Å². The van der Waals surface area contributed by atoms with Gasteiger partial charge in [-0.2, -0.15) is 0 Å². The normalized spacial score (nSPS) is 23.2. The zero-order valence-electron chi connectivity index (χ0n) is 22.3. The molecule has 1 aliphatic heterocycles. The number of carbonyl (C=O) groups excluding carboxylic acids is 1. The van der Waals surface area contributed by atoms with Gasteiger partial charge in [-0.1, -0.05) is 18.2 Å². The molecule has 1 amide bonds. The Balaban J connectivity index is 1.60. The van der Waals surface area contributed by atoms with Gasteiger partial charge < -0.3 is 24.2 Å². The zero-order chi connectivity index (χ0) is 27.4. The van der Waals surface area contributed by atoms with E-state index in [4.69, 9.17) is 15.2 Å². The molecule has 5 atom stereocenters. The van der Waals surface area contributed by atoms with E-state index >= 15 is 4.39 Å². The third kappa shape index (κ3) is 5.64. The number of hydrogen-bond donors (Lipinski definition) is 2. The molecule has 4 rings (SSSR count). The van der Waals surface area contributed by atoms with Crippen molar-refractivity contribution in [2.24, 2.45) is 0 Å². The maximum atomic E-state index is 16.0. The van der Waals surface area contributed by atoms with Crippen LogP contribution in [0.3, 0.4) is 0 Å². The van der Waals surface area contributed by atoms with E-state index in [0.29, 0.717) is 5.56 Å². The maximum absolute atomic E-state index is 16.0. The molecule has 2 aromatic heterocycles. The fraction of sp³-hybridized carbons (Fsp3) is 0.500. The van der Waals surface area contributed by atoms with E-state index in [2.05, 4.69) is 25.4 Å². The van der Waals surface area contributed by atoms with Gasteiger partial charge in [-0.3, -0.25) is 9.36 Å². The molecule has 3 aromatic rings. The summed E-state index contributed by atoms with van der Waals surface area (Å²) in [6, 6.07) is 8.84. The number of anilines is 1. The Bertz CT molecular complexity index is 1210. The summed E-state index contributed by atoms with van der Waals surface area (Å²) in [6.45, 7) is 7.82. The van der Waals surface area contributed by atoms with Crippen LogP contribution < -0.4 is 5.32 Å². The highest BCUT2D eigenvalue weighted by Gasteiger charge is 2.49. The van der Waals surface area contributed by atoms with E-state index in [1.165, 1.54) is 24.3 Å². The summed E-state index contributed by atoms with van der Waals surface area (Å²) >= 11 is 0. The Kier molecular flexibility index (Phi) is 8.33. The molecule has 0 radical (unpaired) electrons. The smallest absolute Gasteiger partial charge is 0.259 e. The van der Waals surface area contributed by atoms with Gasteiger partial charge >= 0.3 is 0 Å². The fourth-order valence-electron chi connectivity index (χ4n) is 4.35. The minimum Gasteiger partial charge on any atom is -0.394 e. The lowest BCUT2D eigenvalue weighted by Crippen LogP contribution is -2.38. The molecule has 1 saturated heterocycles. The second kappa shape index (κ2) is 11.8. The van der Waals surface area contributed by atoms with Crippen molar-refractivity contribution in [2.45, 2.75) is 64.4 Å². The van der Waals surface area contributed by atoms with Crippen LogP contribution in [-0.2, 0) is 13.8 Å². The number of ether oxygens (including phenoxy) is 1. The average molecular weight is 536 g/mol. The number of alkyl halides is 1. The second-order valence-electron chi connectivity index (χ2n) is 9.10. The number of aliphatic hydroxyl groups is 1. The molecular formula is C24H32FN6O5P. The second-order valence-corrected chi connectivity index (χ2v) is 10.6. The SMILES string of the molecule is [2H]OC[C@H]1OC(n2cnc3c(NC(=O)c4ccccc4)ncnc32)[C@H](F)[C@@H]1OP(OC)N(C(C)C)C(C)C. The molecule has 13 heteroatoms. The lowest BCUT2D eigenvalue weighted by atomic mass is 10.1. The summed E-state index contributed by atoms with van der Waals surface area (Å²) in [4.78, 5) is 25.4. The summed E-state index contributed by atoms with van der Waals surface area (Å²) in [7, 11) is -0.106. The Hall–Kier alpha value is -2.60. The molecular weight excluding hydrogens is 502 g/mol. The van der Waals surface area contributed by atoms with Crippen molar-refractivity contribution in [3.63, 3.8) is 0 Å². The van der Waals surface area contributed by atoms with E-state index in [0.717, 1.165) is 0 Å². The Labute approximate surface area is 217 Å². The van der Waals surface area contributed by atoms with Crippen LogP contribution in [0, 0.1) is 0 Å². The lowest BCUT2D eigenvalue weighted by molar-refractivity contribution is -0.0443. The number of halogens is 1. The van der Waals surface area contributed by atoms with Crippen molar-refractivity contribution >= 4 is 31.4 Å². The molecule has 11 nitrogen and oxygen atoms in total. The molecule has 2 N–H and O–H groups in total. The largest absolute Gasteiger partial charge is 0.394 e. The van der Waals surface area contributed by atoms with Gasteiger partial charge in [-0.05, 0) is 39.8 Å². The summed E-state index contributed by atoms with van der Waals surface area (Å²) in [5.41, 5.74) is 0.990. The van der Waals surface area contributed by atoms with Gasteiger partial charge in [0, 0.05) is 24.8 Å². The van der Waals surface area contributed by atoms with Crippen LogP contribution >= 0.6 is 8.53 Å². The van der Waals surface area contributed by atoms with Gasteiger partial charge in [0.15, 0.2) is 29.4 Å². The first-order valence-electron chi connectivity index (χ1n) is 12.4. The molecule has 1 aliphatic rings. The van der Waals surface area contributed by atoms with Gasteiger partial charge in [-0.25, -0.2) is 24.0 Å². The first-order valence-corrected chi connectivity index (χ1v) is 13.1. The highest BCUT2D eigenvalue weighted by atomic mass is 31.2. The van der Waals surface area contributed by atoms with Gasteiger partial charge in [0.25, 0.3) is 14.4 Å². The van der Waals surface area contributed by atoms with Gasteiger partial charge in [-0.15, -0.1) is 0 Å². The van der Waals surface area contributed by atoms with E-state index in [-0.39, 0.29) is 41.6 Å². The van der Waals surface area contributed by atoms with Crippen molar-refractivity contribution in [1.82, 2.24) is 24.2 Å². The minimum atomic E-state index is -1.66. The molecule has 0 bridgehead atoms. The highest BCUT2D eigenvalue weighted by Crippen LogP contribution is 2.50. The number of carbonyl (C=O) groups is 1. The lowest BCUT2D eigenvalue weighted by Gasteiger charge is -2.36. The predicted molar refractivity (Wildman–Crippen MR) is 137 cm³/mol. The summed E-state index contributed by atoms with van der Waals surface area (Å²) in [6.07, 6.45) is -2.15. The van der Waals surface area contributed by atoms with Crippen LogP contribution in [-0.4, -0.2) is 80.8 Å². The van der Waals surface area contributed by atoms with Crippen LogP contribution in [0.1, 0.15) is 44.3 Å². The van der Waals surface area contributed by atoms with Gasteiger partial charge in [0.2, 0.25) is 1.43 Å². The number of aliphatic hydroxyl groups excluding tert-OH is 1. The van der Waals surface area contributed by atoms with Crippen LogP contribution in [0.5, 0.6) is 0 Å².